The van der Waals surface area contributed by atoms with Gasteiger partial charge in [0, 0.05) is 12.6 Å². The van der Waals surface area contributed by atoms with Gasteiger partial charge in [0.2, 0.25) is 0 Å². The Bertz CT molecular complexity index is 216. The second-order valence-electron chi connectivity index (χ2n) is 5.82. The third-order valence-corrected chi connectivity index (χ3v) is 4.25. The Hall–Kier alpha value is -0.120. The molecule has 2 aliphatic rings. The van der Waals surface area contributed by atoms with Crippen LogP contribution in [0, 0.1) is 5.92 Å². The van der Waals surface area contributed by atoms with Crippen LogP contribution in [0.4, 0.5) is 0 Å². The molecule has 0 bridgehead atoms. The van der Waals surface area contributed by atoms with Crippen molar-refractivity contribution in [2.75, 3.05) is 32.8 Å². The number of hydrogen-bond acceptors (Lipinski definition) is 3. The molecule has 2 unspecified atom stereocenters. The van der Waals surface area contributed by atoms with Gasteiger partial charge in [0.15, 0.2) is 0 Å². The van der Waals surface area contributed by atoms with Gasteiger partial charge in [0.25, 0.3) is 0 Å². The Labute approximate surface area is 106 Å². The summed E-state index contributed by atoms with van der Waals surface area (Å²) in [6, 6.07) is 0.610. The SMILES string of the molecule is CC1CN(CCCC2CCNCC2)C(C)CO1. The summed E-state index contributed by atoms with van der Waals surface area (Å²) in [5, 5.41) is 3.44. The number of piperidine rings is 1. The second-order valence-corrected chi connectivity index (χ2v) is 5.82. The van der Waals surface area contributed by atoms with E-state index in [2.05, 4.69) is 24.1 Å². The van der Waals surface area contributed by atoms with Gasteiger partial charge in [-0.1, -0.05) is 0 Å². The molecule has 0 radical (unpaired) electrons. The normalized spacial score (nSPS) is 32.8. The zero-order valence-corrected chi connectivity index (χ0v) is 11.5. The number of morpholine rings is 1. The third kappa shape index (κ3) is 4.23. The number of hydrogen-bond donors (Lipinski definition) is 1. The van der Waals surface area contributed by atoms with E-state index < -0.39 is 0 Å². The van der Waals surface area contributed by atoms with E-state index in [4.69, 9.17) is 4.74 Å². The van der Waals surface area contributed by atoms with E-state index in [1.54, 1.807) is 0 Å². The molecule has 17 heavy (non-hydrogen) atoms. The first-order chi connectivity index (χ1) is 8.25. The van der Waals surface area contributed by atoms with Crippen LogP contribution in [0.2, 0.25) is 0 Å². The minimum atomic E-state index is 0.421. The summed E-state index contributed by atoms with van der Waals surface area (Å²) < 4.78 is 5.67. The Morgan fingerprint density at radius 3 is 2.76 bits per heavy atom. The molecule has 2 fully saturated rings. The molecule has 0 aromatic carbocycles. The van der Waals surface area contributed by atoms with Crippen molar-refractivity contribution in [1.82, 2.24) is 10.2 Å². The van der Waals surface area contributed by atoms with Gasteiger partial charge in [-0.2, -0.15) is 0 Å². The molecular formula is C14H28N2O. The summed E-state index contributed by atoms with van der Waals surface area (Å²) >= 11 is 0. The van der Waals surface area contributed by atoms with Crippen molar-refractivity contribution in [2.24, 2.45) is 5.92 Å². The summed E-state index contributed by atoms with van der Waals surface area (Å²) in [7, 11) is 0. The molecule has 2 heterocycles. The molecule has 2 rings (SSSR count). The summed E-state index contributed by atoms with van der Waals surface area (Å²) in [5.74, 6) is 0.977. The molecule has 0 amide bonds. The first-order valence-corrected chi connectivity index (χ1v) is 7.32. The lowest BCUT2D eigenvalue weighted by atomic mass is 9.93. The van der Waals surface area contributed by atoms with E-state index in [0.29, 0.717) is 12.1 Å². The molecule has 100 valence electrons. The van der Waals surface area contributed by atoms with E-state index >= 15 is 0 Å². The van der Waals surface area contributed by atoms with Gasteiger partial charge >= 0.3 is 0 Å². The maximum atomic E-state index is 5.67. The van der Waals surface area contributed by atoms with Gasteiger partial charge in [-0.15, -0.1) is 0 Å². The minimum absolute atomic E-state index is 0.421. The van der Waals surface area contributed by atoms with Crippen molar-refractivity contribution in [1.29, 1.82) is 0 Å². The number of nitrogens with zero attached hydrogens (tertiary/aromatic N) is 1. The van der Waals surface area contributed by atoms with E-state index in [0.717, 1.165) is 19.1 Å². The molecule has 3 heteroatoms. The van der Waals surface area contributed by atoms with Crippen LogP contribution in [0.15, 0.2) is 0 Å². The third-order valence-electron chi connectivity index (χ3n) is 4.25. The van der Waals surface area contributed by atoms with Gasteiger partial charge in [-0.05, 0) is 65.1 Å². The maximum Gasteiger partial charge on any atom is 0.0674 e. The molecule has 2 aliphatic heterocycles. The summed E-state index contributed by atoms with van der Waals surface area (Å²) in [4.78, 5) is 2.61. The predicted octanol–water partition coefficient (Wildman–Crippen LogP) is 1.88. The highest BCUT2D eigenvalue weighted by atomic mass is 16.5. The van der Waals surface area contributed by atoms with Gasteiger partial charge in [0.05, 0.1) is 12.7 Å². The van der Waals surface area contributed by atoms with Crippen LogP contribution in [0.3, 0.4) is 0 Å². The van der Waals surface area contributed by atoms with E-state index in [1.807, 2.05) is 0 Å². The van der Waals surface area contributed by atoms with Gasteiger partial charge in [-0.3, -0.25) is 4.90 Å². The van der Waals surface area contributed by atoms with Crippen LogP contribution in [-0.4, -0.2) is 49.8 Å². The predicted molar refractivity (Wildman–Crippen MR) is 71.3 cm³/mol. The average Bonchev–Trinajstić information content (AvgIpc) is 2.35. The summed E-state index contributed by atoms with van der Waals surface area (Å²) in [5.41, 5.74) is 0. The molecular weight excluding hydrogens is 212 g/mol. The molecule has 0 aliphatic carbocycles. The Kier molecular flexibility index (Phi) is 5.26. The van der Waals surface area contributed by atoms with Crippen molar-refractivity contribution in [3.05, 3.63) is 0 Å². The summed E-state index contributed by atoms with van der Waals surface area (Å²) in [6.45, 7) is 10.2. The fourth-order valence-electron chi connectivity index (χ4n) is 3.04. The zero-order valence-electron chi connectivity index (χ0n) is 11.5. The average molecular weight is 240 g/mol. The highest BCUT2D eigenvalue weighted by Crippen LogP contribution is 2.19. The van der Waals surface area contributed by atoms with Crippen molar-refractivity contribution >= 4 is 0 Å². The maximum absolute atomic E-state index is 5.67. The fraction of sp³-hybridized carbons (Fsp3) is 1.00. The first kappa shape index (κ1) is 13.3. The van der Waals surface area contributed by atoms with Crippen LogP contribution >= 0.6 is 0 Å². The number of nitrogens with one attached hydrogen (secondary N) is 1. The van der Waals surface area contributed by atoms with Crippen molar-refractivity contribution in [3.63, 3.8) is 0 Å². The molecule has 0 aromatic heterocycles. The molecule has 0 saturated carbocycles. The van der Waals surface area contributed by atoms with Gasteiger partial charge in [-0.25, -0.2) is 0 Å². The smallest absolute Gasteiger partial charge is 0.0674 e. The minimum Gasteiger partial charge on any atom is -0.376 e. The lowest BCUT2D eigenvalue weighted by Gasteiger charge is -2.37. The first-order valence-electron chi connectivity index (χ1n) is 7.32. The van der Waals surface area contributed by atoms with Crippen LogP contribution in [0.25, 0.3) is 0 Å². The topological polar surface area (TPSA) is 24.5 Å². The van der Waals surface area contributed by atoms with E-state index in [1.165, 1.54) is 45.3 Å². The molecule has 3 nitrogen and oxygen atoms in total. The van der Waals surface area contributed by atoms with Gasteiger partial charge in [0.1, 0.15) is 0 Å². The Morgan fingerprint density at radius 2 is 2.00 bits per heavy atom. The van der Waals surface area contributed by atoms with Crippen LogP contribution in [0.1, 0.15) is 39.5 Å². The fourth-order valence-corrected chi connectivity index (χ4v) is 3.04. The van der Waals surface area contributed by atoms with Crippen LogP contribution in [0.5, 0.6) is 0 Å². The summed E-state index contributed by atoms with van der Waals surface area (Å²) in [6.07, 6.45) is 5.97. The molecule has 2 saturated heterocycles. The largest absolute Gasteiger partial charge is 0.376 e. The van der Waals surface area contributed by atoms with Gasteiger partial charge < -0.3 is 10.1 Å². The highest BCUT2D eigenvalue weighted by molar-refractivity contribution is 4.76. The second kappa shape index (κ2) is 6.72. The molecule has 0 aromatic rings. The monoisotopic (exact) mass is 240 g/mol. The van der Waals surface area contributed by atoms with E-state index in [9.17, 15) is 0 Å². The Morgan fingerprint density at radius 1 is 1.24 bits per heavy atom. The Balaban J connectivity index is 1.63. The van der Waals surface area contributed by atoms with Crippen molar-refractivity contribution in [3.8, 4) is 0 Å². The van der Waals surface area contributed by atoms with E-state index in [-0.39, 0.29) is 0 Å². The molecule has 0 spiro atoms. The lowest BCUT2D eigenvalue weighted by molar-refractivity contribution is -0.0499. The van der Waals surface area contributed by atoms with Crippen molar-refractivity contribution in [2.45, 2.75) is 51.7 Å². The highest BCUT2D eigenvalue weighted by Gasteiger charge is 2.23. The quantitative estimate of drug-likeness (QED) is 0.812. The van der Waals surface area contributed by atoms with Crippen molar-refractivity contribution < 1.29 is 4.74 Å². The molecule has 2 atom stereocenters. The molecule has 1 N–H and O–H groups in total. The number of ether oxygens (including phenoxy) is 1. The number of rotatable bonds is 4. The standard InChI is InChI=1S/C14H28N2O/c1-12-11-17-13(2)10-16(12)9-3-4-14-5-7-15-8-6-14/h12-15H,3-11H2,1-2H3. The zero-order chi connectivity index (χ0) is 12.1. The lowest BCUT2D eigenvalue weighted by Crippen LogP contribution is -2.47. The van der Waals surface area contributed by atoms with Crippen LogP contribution < -0.4 is 5.32 Å². The van der Waals surface area contributed by atoms with Crippen LogP contribution in [-0.2, 0) is 4.74 Å².